The molecule has 1 aromatic heterocycles. The summed E-state index contributed by atoms with van der Waals surface area (Å²) < 4.78 is 5.64. The zero-order valence-corrected chi connectivity index (χ0v) is 12.5. The van der Waals surface area contributed by atoms with E-state index in [1.807, 2.05) is 31.2 Å². The summed E-state index contributed by atoms with van der Waals surface area (Å²) in [6.45, 7) is 5.11. The largest absolute Gasteiger partial charge is 0.374 e. The van der Waals surface area contributed by atoms with Gasteiger partial charge in [-0.2, -0.15) is 0 Å². The molecule has 5 heteroatoms. The number of nitrogens with zero attached hydrogens (tertiary/aromatic N) is 1. The molecule has 0 bridgehead atoms. The number of carbonyl (C=O) groups is 1. The summed E-state index contributed by atoms with van der Waals surface area (Å²) >= 11 is 0. The van der Waals surface area contributed by atoms with Crippen molar-refractivity contribution in [2.24, 2.45) is 0 Å². The van der Waals surface area contributed by atoms with Gasteiger partial charge in [-0.1, -0.05) is 12.1 Å². The fourth-order valence-corrected chi connectivity index (χ4v) is 2.66. The Labute approximate surface area is 124 Å². The number of amides is 1. The second-order valence-electron chi connectivity index (χ2n) is 5.74. The first-order valence-corrected chi connectivity index (χ1v) is 7.29. The van der Waals surface area contributed by atoms with Crippen molar-refractivity contribution in [3.63, 3.8) is 0 Å². The van der Waals surface area contributed by atoms with Crippen LogP contribution in [0.2, 0.25) is 0 Å². The van der Waals surface area contributed by atoms with Gasteiger partial charge in [0.1, 0.15) is 5.69 Å². The van der Waals surface area contributed by atoms with E-state index < -0.39 is 0 Å². The van der Waals surface area contributed by atoms with Crippen molar-refractivity contribution in [2.45, 2.75) is 13.0 Å². The highest BCUT2D eigenvalue weighted by molar-refractivity contribution is 5.98. The van der Waals surface area contributed by atoms with Crippen LogP contribution in [0, 0.1) is 6.92 Å². The van der Waals surface area contributed by atoms with Crippen LogP contribution in [0.4, 0.5) is 0 Å². The molecule has 1 saturated heterocycles. The van der Waals surface area contributed by atoms with Crippen LogP contribution < -0.4 is 5.32 Å². The lowest BCUT2D eigenvalue weighted by atomic mass is 10.2. The lowest BCUT2D eigenvalue weighted by Gasteiger charge is -2.30. The first-order valence-electron chi connectivity index (χ1n) is 7.29. The van der Waals surface area contributed by atoms with E-state index in [9.17, 15) is 4.79 Å². The summed E-state index contributed by atoms with van der Waals surface area (Å²) in [5, 5.41) is 4.00. The Kier molecular flexibility index (Phi) is 3.94. The SMILES string of the molecule is Cc1ccc2cc(C(=O)NCC3CN(C)CCO3)[nH]c2c1. The van der Waals surface area contributed by atoms with Gasteiger partial charge in [0, 0.05) is 30.5 Å². The number of carbonyl (C=O) groups excluding carboxylic acids is 1. The topological polar surface area (TPSA) is 57.4 Å². The van der Waals surface area contributed by atoms with Gasteiger partial charge in [0.05, 0.1) is 12.7 Å². The Hall–Kier alpha value is -1.85. The number of nitrogens with one attached hydrogen (secondary N) is 2. The summed E-state index contributed by atoms with van der Waals surface area (Å²) in [6, 6.07) is 8.00. The highest BCUT2D eigenvalue weighted by Crippen LogP contribution is 2.16. The molecule has 112 valence electrons. The summed E-state index contributed by atoms with van der Waals surface area (Å²) in [4.78, 5) is 17.6. The Balaban J connectivity index is 1.63. The summed E-state index contributed by atoms with van der Waals surface area (Å²) in [5.41, 5.74) is 2.77. The number of likely N-dealkylation sites (N-methyl/N-ethyl adjacent to an activating group) is 1. The number of aryl methyl sites for hydroxylation is 1. The molecule has 5 nitrogen and oxygen atoms in total. The van der Waals surface area contributed by atoms with E-state index in [1.54, 1.807) is 0 Å². The number of hydrogen-bond donors (Lipinski definition) is 2. The molecule has 0 aliphatic carbocycles. The number of benzene rings is 1. The molecular formula is C16H21N3O2. The fraction of sp³-hybridized carbons (Fsp3) is 0.438. The quantitative estimate of drug-likeness (QED) is 0.900. The van der Waals surface area contributed by atoms with E-state index in [2.05, 4.69) is 22.2 Å². The highest BCUT2D eigenvalue weighted by Gasteiger charge is 2.19. The second-order valence-corrected chi connectivity index (χ2v) is 5.74. The summed E-state index contributed by atoms with van der Waals surface area (Å²) in [7, 11) is 2.07. The minimum absolute atomic E-state index is 0.0688. The first kappa shape index (κ1) is 14.1. The van der Waals surface area contributed by atoms with E-state index in [0.29, 0.717) is 12.2 Å². The molecule has 1 amide bonds. The number of rotatable bonds is 3. The minimum Gasteiger partial charge on any atom is -0.374 e. The molecule has 0 saturated carbocycles. The fourth-order valence-electron chi connectivity index (χ4n) is 2.66. The normalized spacial score (nSPS) is 19.8. The summed E-state index contributed by atoms with van der Waals surface area (Å²) in [5.74, 6) is -0.0827. The van der Waals surface area contributed by atoms with Crippen LogP contribution in [-0.4, -0.2) is 55.2 Å². The van der Waals surface area contributed by atoms with Crippen LogP contribution in [-0.2, 0) is 4.74 Å². The molecule has 2 aromatic rings. The van der Waals surface area contributed by atoms with Crippen LogP contribution >= 0.6 is 0 Å². The van der Waals surface area contributed by atoms with Gasteiger partial charge in [-0.3, -0.25) is 4.79 Å². The number of aromatic nitrogens is 1. The highest BCUT2D eigenvalue weighted by atomic mass is 16.5. The number of aromatic amines is 1. The van der Waals surface area contributed by atoms with Crippen LogP contribution in [0.3, 0.4) is 0 Å². The second kappa shape index (κ2) is 5.87. The van der Waals surface area contributed by atoms with E-state index >= 15 is 0 Å². The molecular weight excluding hydrogens is 266 g/mol. The molecule has 0 spiro atoms. The lowest BCUT2D eigenvalue weighted by Crippen LogP contribution is -2.45. The predicted octanol–water partition coefficient (Wildman–Crippen LogP) is 1.54. The Morgan fingerprint density at radius 3 is 3.14 bits per heavy atom. The van der Waals surface area contributed by atoms with Gasteiger partial charge in [0.2, 0.25) is 0 Å². The molecule has 1 aliphatic heterocycles. The molecule has 1 unspecified atom stereocenters. The number of hydrogen-bond acceptors (Lipinski definition) is 3. The van der Waals surface area contributed by atoms with Gasteiger partial charge in [0.15, 0.2) is 0 Å². The van der Waals surface area contributed by atoms with Gasteiger partial charge in [-0.05, 0) is 31.7 Å². The van der Waals surface area contributed by atoms with Crippen molar-refractivity contribution in [2.75, 3.05) is 33.3 Å². The molecule has 3 rings (SSSR count). The molecule has 2 heterocycles. The maximum absolute atomic E-state index is 12.2. The van der Waals surface area contributed by atoms with E-state index in [1.165, 1.54) is 5.56 Å². The van der Waals surface area contributed by atoms with Crippen molar-refractivity contribution >= 4 is 16.8 Å². The van der Waals surface area contributed by atoms with E-state index in [4.69, 9.17) is 4.74 Å². The third-order valence-corrected chi connectivity index (χ3v) is 3.85. The first-order chi connectivity index (χ1) is 10.1. The molecule has 1 aliphatic rings. The maximum atomic E-state index is 12.2. The van der Waals surface area contributed by atoms with Crippen LogP contribution in [0.25, 0.3) is 10.9 Å². The van der Waals surface area contributed by atoms with E-state index in [0.717, 1.165) is 30.6 Å². The Bertz CT molecular complexity index is 650. The van der Waals surface area contributed by atoms with Gasteiger partial charge in [-0.15, -0.1) is 0 Å². The van der Waals surface area contributed by atoms with Crippen molar-refractivity contribution in [1.29, 1.82) is 0 Å². The number of morpholine rings is 1. The van der Waals surface area contributed by atoms with Crippen molar-refractivity contribution in [3.05, 3.63) is 35.5 Å². The standard InChI is InChI=1S/C16H21N3O2/c1-11-3-4-12-8-15(18-14(12)7-11)16(20)17-9-13-10-19(2)5-6-21-13/h3-4,7-8,13,18H,5-6,9-10H2,1-2H3,(H,17,20). The van der Waals surface area contributed by atoms with E-state index in [-0.39, 0.29) is 12.0 Å². The van der Waals surface area contributed by atoms with Crippen LogP contribution in [0.15, 0.2) is 24.3 Å². The molecule has 1 fully saturated rings. The third-order valence-electron chi connectivity index (χ3n) is 3.85. The van der Waals surface area contributed by atoms with Crippen molar-refractivity contribution in [3.8, 4) is 0 Å². The zero-order valence-electron chi connectivity index (χ0n) is 12.5. The van der Waals surface area contributed by atoms with Gasteiger partial charge < -0.3 is 19.9 Å². The Morgan fingerprint density at radius 1 is 1.48 bits per heavy atom. The van der Waals surface area contributed by atoms with Crippen LogP contribution in [0.1, 0.15) is 16.1 Å². The predicted molar refractivity (Wildman–Crippen MR) is 82.6 cm³/mol. The average molecular weight is 287 g/mol. The van der Waals surface area contributed by atoms with Crippen LogP contribution in [0.5, 0.6) is 0 Å². The third kappa shape index (κ3) is 3.25. The molecule has 1 atom stereocenters. The van der Waals surface area contributed by atoms with Gasteiger partial charge in [0.25, 0.3) is 5.91 Å². The number of fused-ring (bicyclic) bond motifs is 1. The monoisotopic (exact) mass is 287 g/mol. The van der Waals surface area contributed by atoms with Gasteiger partial charge >= 0.3 is 0 Å². The summed E-state index contributed by atoms with van der Waals surface area (Å²) in [6.07, 6.45) is 0.0688. The smallest absolute Gasteiger partial charge is 0.267 e. The molecule has 1 aromatic carbocycles. The lowest BCUT2D eigenvalue weighted by molar-refractivity contribution is -0.0175. The molecule has 21 heavy (non-hydrogen) atoms. The van der Waals surface area contributed by atoms with Crippen molar-refractivity contribution < 1.29 is 9.53 Å². The number of ether oxygens (including phenoxy) is 1. The Morgan fingerprint density at radius 2 is 2.33 bits per heavy atom. The number of H-pyrrole nitrogens is 1. The minimum atomic E-state index is -0.0827. The maximum Gasteiger partial charge on any atom is 0.267 e. The molecule has 0 radical (unpaired) electrons. The average Bonchev–Trinajstić information content (AvgIpc) is 2.88. The van der Waals surface area contributed by atoms with Crippen molar-refractivity contribution in [1.82, 2.24) is 15.2 Å². The zero-order chi connectivity index (χ0) is 14.8. The molecule has 2 N–H and O–H groups in total. The van der Waals surface area contributed by atoms with Gasteiger partial charge in [-0.25, -0.2) is 0 Å².